The molecule has 0 saturated carbocycles. The zero-order valence-corrected chi connectivity index (χ0v) is 17.1. The van der Waals surface area contributed by atoms with Gasteiger partial charge in [0, 0.05) is 57.4 Å². The van der Waals surface area contributed by atoms with Crippen molar-refractivity contribution >= 4 is 15.9 Å². The maximum atomic E-state index is 13.9. The van der Waals surface area contributed by atoms with Crippen LogP contribution >= 0.6 is 0 Å². The maximum absolute atomic E-state index is 13.9. The summed E-state index contributed by atoms with van der Waals surface area (Å²) in [6.45, 7) is 0.581. The average molecular weight is 429 g/mol. The molecule has 8 nitrogen and oxygen atoms in total. The second kappa shape index (κ2) is 7.96. The number of hydrogen-bond acceptors (Lipinski definition) is 5. The molecule has 1 aliphatic rings. The van der Waals surface area contributed by atoms with E-state index in [0.29, 0.717) is 11.3 Å². The van der Waals surface area contributed by atoms with E-state index in [2.05, 4.69) is 10.1 Å². The molecular formula is C20H20FN5O3S. The van der Waals surface area contributed by atoms with Gasteiger partial charge in [-0.15, -0.1) is 0 Å². The van der Waals surface area contributed by atoms with Gasteiger partial charge in [-0.1, -0.05) is 12.1 Å². The van der Waals surface area contributed by atoms with E-state index in [1.807, 2.05) is 0 Å². The zero-order chi connectivity index (χ0) is 21.3. The minimum absolute atomic E-state index is 0.0140. The number of pyridine rings is 1. The summed E-state index contributed by atoms with van der Waals surface area (Å²) in [5.41, 5.74) is 0.917. The number of sulfonamides is 1. The highest BCUT2D eigenvalue weighted by Crippen LogP contribution is 2.28. The molecule has 0 radical (unpaired) electrons. The number of carbonyl (C=O) groups excluding carboxylic acids is 1. The lowest BCUT2D eigenvalue weighted by Crippen LogP contribution is -2.50. The van der Waals surface area contributed by atoms with Crippen molar-refractivity contribution in [3.05, 3.63) is 66.4 Å². The molecule has 1 fully saturated rings. The van der Waals surface area contributed by atoms with Gasteiger partial charge < -0.3 is 4.90 Å². The zero-order valence-electron chi connectivity index (χ0n) is 16.3. The number of aryl methyl sites for hydroxylation is 1. The van der Waals surface area contributed by atoms with Gasteiger partial charge in [-0.2, -0.15) is 9.40 Å². The van der Waals surface area contributed by atoms with Crippen molar-refractivity contribution in [1.29, 1.82) is 0 Å². The molecule has 0 aliphatic carbocycles. The second-order valence-corrected chi connectivity index (χ2v) is 8.84. The van der Waals surface area contributed by atoms with Gasteiger partial charge in [-0.25, -0.2) is 12.8 Å². The van der Waals surface area contributed by atoms with Crippen molar-refractivity contribution in [3.63, 3.8) is 0 Å². The van der Waals surface area contributed by atoms with E-state index < -0.39 is 21.7 Å². The lowest BCUT2D eigenvalue weighted by molar-refractivity contribution is 0.0693. The molecule has 3 aromatic rings. The van der Waals surface area contributed by atoms with Crippen LogP contribution in [0.15, 0.2) is 59.9 Å². The molecule has 1 saturated heterocycles. The molecule has 1 aliphatic heterocycles. The van der Waals surface area contributed by atoms with Gasteiger partial charge >= 0.3 is 0 Å². The van der Waals surface area contributed by atoms with Crippen LogP contribution in [0.4, 0.5) is 4.39 Å². The third kappa shape index (κ3) is 3.71. The smallest absolute Gasteiger partial charge is 0.256 e. The van der Waals surface area contributed by atoms with Gasteiger partial charge in [0.05, 0.1) is 5.56 Å². The maximum Gasteiger partial charge on any atom is 0.256 e. The Morgan fingerprint density at radius 3 is 2.47 bits per heavy atom. The van der Waals surface area contributed by atoms with E-state index in [0.717, 1.165) is 0 Å². The van der Waals surface area contributed by atoms with E-state index in [4.69, 9.17) is 0 Å². The van der Waals surface area contributed by atoms with E-state index in [-0.39, 0.29) is 36.6 Å². The number of nitrogens with zero attached hydrogens (tertiary/aromatic N) is 5. The summed E-state index contributed by atoms with van der Waals surface area (Å²) in [4.78, 5) is 18.2. The van der Waals surface area contributed by atoms with Gasteiger partial charge in [0.25, 0.3) is 5.91 Å². The minimum atomic E-state index is -3.83. The Balaban J connectivity index is 1.54. The van der Waals surface area contributed by atoms with Gasteiger partial charge in [-0.3, -0.25) is 14.5 Å². The standard InChI is InChI=1S/C20H20FN5O3S/c1-24-14-18(19(23-24)15-5-4-8-22-13-15)30(28,29)26-11-9-25(10-12-26)20(27)16-6-2-3-7-17(16)21/h2-8,13-14H,9-12H2,1H3. The van der Waals surface area contributed by atoms with Crippen molar-refractivity contribution in [2.24, 2.45) is 7.05 Å². The first-order valence-electron chi connectivity index (χ1n) is 9.36. The summed E-state index contributed by atoms with van der Waals surface area (Å²) in [6.07, 6.45) is 4.63. The Hall–Kier alpha value is -3.11. The quantitative estimate of drug-likeness (QED) is 0.631. The summed E-state index contributed by atoms with van der Waals surface area (Å²) in [7, 11) is -2.18. The lowest BCUT2D eigenvalue weighted by Gasteiger charge is -2.34. The van der Waals surface area contributed by atoms with Crippen LogP contribution in [0.5, 0.6) is 0 Å². The van der Waals surface area contributed by atoms with Gasteiger partial charge in [0.1, 0.15) is 16.4 Å². The van der Waals surface area contributed by atoms with Crippen LogP contribution in [0.25, 0.3) is 11.3 Å². The molecule has 0 spiro atoms. The molecule has 0 bridgehead atoms. The first kappa shape index (κ1) is 20.2. The number of piperazine rings is 1. The van der Waals surface area contributed by atoms with Crippen LogP contribution in [0, 0.1) is 5.82 Å². The monoisotopic (exact) mass is 429 g/mol. The summed E-state index contributed by atoms with van der Waals surface area (Å²) >= 11 is 0. The third-order valence-corrected chi connectivity index (χ3v) is 6.88. The van der Waals surface area contributed by atoms with Crippen LogP contribution in [0.2, 0.25) is 0 Å². The fourth-order valence-corrected chi connectivity index (χ4v) is 5.04. The number of benzene rings is 1. The highest BCUT2D eigenvalue weighted by Gasteiger charge is 2.34. The minimum Gasteiger partial charge on any atom is -0.336 e. The van der Waals surface area contributed by atoms with Crippen molar-refractivity contribution < 1.29 is 17.6 Å². The topological polar surface area (TPSA) is 88.4 Å². The highest BCUT2D eigenvalue weighted by atomic mass is 32.2. The van der Waals surface area contributed by atoms with Crippen LogP contribution in [0.3, 0.4) is 0 Å². The Morgan fingerprint density at radius 1 is 1.07 bits per heavy atom. The Bertz CT molecular complexity index is 1170. The fraction of sp³-hybridized carbons (Fsp3) is 0.250. The molecule has 1 amide bonds. The molecule has 0 atom stereocenters. The summed E-state index contributed by atoms with van der Waals surface area (Å²) < 4.78 is 43.3. The average Bonchev–Trinajstić information content (AvgIpc) is 3.17. The SMILES string of the molecule is Cn1cc(S(=O)(=O)N2CCN(C(=O)c3ccccc3F)CC2)c(-c2cccnc2)n1. The Labute approximate surface area is 173 Å². The van der Waals surface area contributed by atoms with Crippen molar-refractivity contribution in [3.8, 4) is 11.3 Å². The van der Waals surface area contributed by atoms with E-state index in [1.54, 1.807) is 37.6 Å². The predicted molar refractivity (Wildman–Crippen MR) is 108 cm³/mol. The molecule has 3 heterocycles. The first-order valence-corrected chi connectivity index (χ1v) is 10.8. The summed E-state index contributed by atoms with van der Waals surface area (Å²) in [5, 5.41) is 4.30. The lowest BCUT2D eigenvalue weighted by atomic mass is 10.1. The summed E-state index contributed by atoms with van der Waals surface area (Å²) in [5.74, 6) is -1.03. The number of carbonyl (C=O) groups is 1. The number of hydrogen-bond donors (Lipinski definition) is 0. The normalized spacial score (nSPS) is 15.3. The largest absolute Gasteiger partial charge is 0.336 e. The Morgan fingerprint density at radius 2 is 1.80 bits per heavy atom. The highest BCUT2D eigenvalue weighted by molar-refractivity contribution is 7.89. The molecular weight excluding hydrogens is 409 g/mol. The van der Waals surface area contributed by atoms with Crippen LogP contribution < -0.4 is 0 Å². The number of aromatic nitrogens is 3. The number of amides is 1. The molecule has 4 rings (SSSR count). The first-order chi connectivity index (χ1) is 14.4. The van der Waals surface area contributed by atoms with Crippen LogP contribution in [-0.2, 0) is 17.1 Å². The predicted octanol–water partition coefficient (Wildman–Crippen LogP) is 1.77. The molecule has 10 heteroatoms. The van der Waals surface area contributed by atoms with Gasteiger partial charge in [0.2, 0.25) is 10.0 Å². The molecule has 1 aromatic carbocycles. The third-order valence-electron chi connectivity index (χ3n) is 4.98. The van der Waals surface area contributed by atoms with Crippen molar-refractivity contribution in [2.75, 3.05) is 26.2 Å². The molecule has 0 N–H and O–H groups in total. The van der Waals surface area contributed by atoms with Crippen molar-refractivity contribution in [1.82, 2.24) is 24.0 Å². The van der Waals surface area contributed by atoms with E-state index in [1.165, 1.54) is 38.3 Å². The Kier molecular flexibility index (Phi) is 5.35. The molecule has 156 valence electrons. The van der Waals surface area contributed by atoms with Crippen LogP contribution in [-0.4, -0.2) is 64.5 Å². The van der Waals surface area contributed by atoms with Crippen LogP contribution in [0.1, 0.15) is 10.4 Å². The van der Waals surface area contributed by atoms with Gasteiger partial charge in [-0.05, 0) is 24.3 Å². The number of halogens is 1. The number of rotatable bonds is 4. The van der Waals surface area contributed by atoms with E-state index in [9.17, 15) is 17.6 Å². The van der Waals surface area contributed by atoms with Gasteiger partial charge in [0.15, 0.2) is 0 Å². The summed E-state index contributed by atoms with van der Waals surface area (Å²) in [6, 6.07) is 9.24. The molecule has 30 heavy (non-hydrogen) atoms. The van der Waals surface area contributed by atoms with E-state index >= 15 is 0 Å². The molecule has 0 unspecified atom stereocenters. The fourth-order valence-electron chi connectivity index (χ4n) is 3.43. The molecule has 2 aromatic heterocycles. The second-order valence-electron chi connectivity index (χ2n) is 6.93. The van der Waals surface area contributed by atoms with Crippen molar-refractivity contribution in [2.45, 2.75) is 4.90 Å².